The zero-order valence-electron chi connectivity index (χ0n) is 15.2. The highest BCUT2D eigenvalue weighted by atomic mass is 32.2. The van der Waals surface area contributed by atoms with Crippen LogP contribution in [0.15, 0.2) is 89.7 Å². The Bertz CT molecular complexity index is 961. The third-order valence-corrected chi connectivity index (χ3v) is 5.85. The molecule has 0 aromatic heterocycles. The van der Waals surface area contributed by atoms with E-state index in [2.05, 4.69) is 24.6 Å². The quantitative estimate of drug-likeness (QED) is 0.673. The van der Waals surface area contributed by atoms with Gasteiger partial charge in [0.25, 0.3) is 0 Å². The van der Waals surface area contributed by atoms with E-state index in [-0.39, 0.29) is 18.0 Å². The monoisotopic (exact) mass is 365 g/mol. The summed E-state index contributed by atoms with van der Waals surface area (Å²) in [4.78, 5) is 0.261. The highest BCUT2D eigenvalue weighted by molar-refractivity contribution is 7.89. The molecule has 0 unspecified atom stereocenters. The second kappa shape index (κ2) is 8.66. The summed E-state index contributed by atoms with van der Waals surface area (Å²) in [6, 6.07) is 16.4. The molecule has 0 fully saturated rings. The second-order valence-electron chi connectivity index (χ2n) is 6.06. The van der Waals surface area contributed by atoms with Gasteiger partial charge in [0.2, 0.25) is 10.0 Å². The van der Waals surface area contributed by atoms with Gasteiger partial charge in [0, 0.05) is 18.7 Å². The summed E-state index contributed by atoms with van der Waals surface area (Å²) < 4.78 is 27.8. The fraction of sp³-hybridized carbons (Fsp3) is 0.182. The summed E-state index contributed by atoms with van der Waals surface area (Å²) in [5, 5.41) is 0. The molecule has 0 bridgehead atoms. The van der Waals surface area contributed by atoms with Gasteiger partial charge < -0.3 is 0 Å². The molecular weight excluding hydrogens is 342 g/mol. The van der Waals surface area contributed by atoms with Crippen molar-refractivity contribution in [2.24, 2.45) is 0 Å². The van der Waals surface area contributed by atoms with Crippen molar-refractivity contribution in [3.63, 3.8) is 0 Å². The van der Waals surface area contributed by atoms with Crippen LogP contribution in [0.4, 0.5) is 0 Å². The Labute approximate surface area is 156 Å². The Morgan fingerprint density at radius 1 is 0.962 bits per heavy atom. The summed E-state index contributed by atoms with van der Waals surface area (Å²) in [6.07, 6.45) is 0. The van der Waals surface area contributed by atoms with E-state index in [1.807, 2.05) is 44.2 Å². The molecule has 0 N–H and O–H groups in total. The van der Waals surface area contributed by atoms with Crippen LogP contribution in [-0.2, 0) is 10.0 Å². The molecule has 4 heteroatoms. The number of sulfonamides is 1. The van der Waals surface area contributed by atoms with Crippen LogP contribution in [0, 0.1) is 6.92 Å². The molecule has 2 rings (SSSR count). The van der Waals surface area contributed by atoms with Gasteiger partial charge in [0.05, 0.1) is 4.90 Å². The van der Waals surface area contributed by atoms with E-state index in [9.17, 15) is 8.42 Å². The normalized spacial score (nSPS) is 10.9. The minimum Gasteiger partial charge on any atom is -0.207 e. The molecule has 0 amide bonds. The van der Waals surface area contributed by atoms with Gasteiger partial charge in [-0.3, -0.25) is 0 Å². The lowest BCUT2D eigenvalue weighted by Crippen LogP contribution is -2.34. The van der Waals surface area contributed by atoms with Gasteiger partial charge in [-0.05, 0) is 37.1 Å². The van der Waals surface area contributed by atoms with E-state index in [1.165, 1.54) is 4.31 Å². The van der Waals surface area contributed by atoms with Crippen LogP contribution in [0.3, 0.4) is 0 Å². The SMILES string of the molecule is C=C=C(C)CN(CC(=C=C)c1ccccc1)S(=O)(=O)c1ccc(C)cc1. The summed E-state index contributed by atoms with van der Waals surface area (Å²) in [6.45, 7) is 11.5. The van der Waals surface area contributed by atoms with Crippen molar-refractivity contribution >= 4 is 15.6 Å². The van der Waals surface area contributed by atoms with Crippen LogP contribution in [0.5, 0.6) is 0 Å². The van der Waals surface area contributed by atoms with E-state index < -0.39 is 10.0 Å². The summed E-state index contributed by atoms with van der Waals surface area (Å²) in [5.41, 5.74) is 9.03. The van der Waals surface area contributed by atoms with Crippen LogP contribution in [0.25, 0.3) is 5.57 Å². The first-order chi connectivity index (χ1) is 12.4. The predicted molar refractivity (Wildman–Crippen MR) is 107 cm³/mol. The molecule has 2 aromatic carbocycles. The maximum Gasteiger partial charge on any atom is 0.243 e. The molecule has 134 valence electrons. The first-order valence-electron chi connectivity index (χ1n) is 8.25. The van der Waals surface area contributed by atoms with Crippen molar-refractivity contribution in [3.05, 3.63) is 95.9 Å². The predicted octanol–water partition coefficient (Wildman–Crippen LogP) is 4.59. The Hall–Kier alpha value is -2.61. The fourth-order valence-corrected chi connectivity index (χ4v) is 3.91. The average Bonchev–Trinajstić information content (AvgIpc) is 2.65. The Morgan fingerprint density at radius 2 is 1.58 bits per heavy atom. The van der Waals surface area contributed by atoms with Crippen molar-refractivity contribution in [1.29, 1.82) is 0 Å². The van der Waals surface area contributed by atoms with Gasteiger partial charge in [-0.2, -0.15) is 4.31 Å². The first-order valence-corrected chi connectivity index (χ1v) is 9.69. The molecule has 0 saturated carbocycles. The lowest BCUT2D eigenvalue weighted by atomic mass is 10.1. The summed E-state index contributed by atoms with van der Waals surface area (Å²) >= 11 is 0. The lowest BCUT2D eigenvalue weighted by Gasteiger charge is -2.23. The zero-order valence-corrected chi connectivity index (χ0v) is 16.0. The number of aryl methyl sites for hydroxylation is 1. The molecule has 2 aromatic rings. The third kappa shape index (κ3) is 4.72. The molecule has 0 radical (unpaired) electrons. The van der Waals surface area contributed by atoms with Crippen LogP contribution < -0.4 is 0 Å². The summed E-state index contributed by atoms with van der Waals surface area (Å²) in [5.74, 6) is 0. The summed E-state index contributed by atoms with van der Waals surface area (Å²) in [7, 11) is -3.68. The highest BCUT2D eigenvalue weighted by Crippen LogP contribution is 2.22. The first kappa shape index (κ1) is 19.7. The molecule has 0 heterocycles. The largest absolute Gasteiger partial charge is 0.243 e. The van der Waals surface area contributed by atoms with Gasteiger partial charge in [0.15, 0.2) is 0 Å². The second-order valence-corrected chi connectivity index (χ2v) is 8.00. The molecular formula is C22H23NO2S. The Morgan fingerprint density at radius 3 is 2.12 bits per heavy atom. The molecule has 0 aliphatic carbocycles. The van der Waals surface area contributed by atoms with Crippen molar-refractivity contribution in [3.8, 4) is 0 Å². The Kier molecular flexibility index (Phi) is 6.57. The van der Waals surface area contributed by atoms with Crippen molar-refractivity contribution in [1.82, 2.24) is 4.31 Å². The van der Waals surface area contributed by atoms with Crippen LogP contribution in [0.1, 0.15) is 18.1 Å². The number of rotatable bonds is 7. The Balaban J connectivity index is 2.44. The topological polar surface area (TPSA) is 37.4 Å². The van der Waals surface area contributed by atoms with E-state index in [4.69, 9.17) is 0 Å². The van der Waals surface area contributed by atoms with Gasteiger partial charge in [-0.25, -0.2) is 8.42 Å². The van der Waals surface area contributed by atoms with Gasteiger partial charge in [-0.15, -0.1) is 11.5 Å². The molecule has 0 atom stereocenters. The lowest BCUT2D eigenvalue weighted by molar-refractivity contribution is 0.471. The van der Waals surface area contributed by atoms with Crippen LogP contribution in [-0.4, -0.2) is 25.8 Å². The molecule has 0 spiro atoms. The van der Waals surface area contributed by atoms with E-state index >= 15 is 0 Å². The van der Waals surface area contributed by atoms with Crippen molar-refractivity contribution < 1.29 is 8.42 Å². The third-order valence-electron chi connectivity index (χ3n) is 4.04. The maximum atomic E-state index is 13.2. The van der Waals surface area contributed by atoms with Gasteiger partial charge >= 0.3 is 0 Å². The van der Waals surface area contributed by atoms with Crippen LogP contribution >= 0.6 is 0 Å². The number of nitrogens with zero attached hydrogens (tertiary/aromatic N) is 1. The van der Waals surface area contributed by atoms with E-state index in [1.54, 1.807) is 24.3 Å². The van der Waals surface area contributed by atoms with Crippen molar-refractivity contribution in [2.75, 3.05) is 13.1 Å². The minimum atomic E-state index is -3.68. The maximum absolute atomic E-state index is 13.2. The average molecular weight is 365 g/mol. The molecule has 0 saturated heterocycles. The van der Waals surface area contributed by atoms with Gasteiger partial charge in [0.1, 0.15) is 0 Å². The number of benzene rings is 2. The van der Waals surface area contributed by atoms with E-state index in [0.717, 1.165) is 22.3 Å². The van der Waals surface area contributed by atoms with E-state index in [0.29, 0.717) is 0 Å². The molecule has 26 heavy (non-hydrogen) atoms. The highest BCUT2D eigenvalue weighted by Gasteiger charge is 2.25. The molecule has 3 nitrogen and oxygen atoms in total. The van der Waals surface area contributed by atoms with Gasteiger partial charge in [-0.1, -0.05) is 61.2 Å². The minimum absolute atomic E-state index is 0.169. The van der Waals surface area contributed by atoms with Crippen LogP contribution in [0.2, 0.25) is 0 Å². The number of hydrogen-bond donors (Lipinski definition) is 0. The number of hydrogen-bond acceptors (Lipinski definition) is 2. The standard InChI is InChI=1S/C22H23NO2S/c1-5-18(3)16-23(17-20(6-2)21-10-8-7-9-11-21)26(24,25)22-14-12-19(4)13-15-22/h7-15H,1-2,16-17H2,3-4H3. The molecule has 0 aliphatic rings. The zero-order chi connectivity index (χ0) is 19.2. The fourth-order valence-electron chi connectivity index (χ4n) is 2.47. The molecule has 0 aliphatic heterocycles. The smallest absolute Gasteiger partial charge is 0.207 e. The van der Waals surface area contributed by atoms with Crippen molar-refractivity contribution in [2.45, 2.75) is 18.7 Å².